The van der Waals surface area contributed by atoms with E-state index >= 15 is 0 Å². The maximum Gasteiger partial charge on any atom is 0.166 e. The van der Waals surface area contributed by atoms with E-state index in [-0.39, 0.29) is 6.10 Å². The molecule has 0 saturated carbocycles. The number of hydrogen-bond donors (Lipinski definition) is 1. The van der Waals surface area contributed by atoms with Crippen LogP contribution in [0.1, 0.15) is 47.2 Å². The zero-order chi connectivity index (χ0) is 21.7. The molecular formula is C24H25N5OS. The number of hydrogen-bond acceptors (Lipinski definition) is 6. The van der Waals surface area contributed by atoms with Gasteiger partial charge in [0.15, 0.2) is 11.6 Å². The van der Waals surface area contributed by atoms with Gasteiger partial charge in [0.25, 0.3) is 0 Å². The van der Waals surface area contributed by atoms with Crippen molar-refractivity contribution in [1.29, 1.82) is 0 Å². The predicted molar refractivity (Wildman–Crippen MR) is 124 cm³/mol. The Kier molecular flexibility index (Phi) is 4.78. The van der Waals surface area contributed by atoms with Gasteiger partial charge in [0.1, 0.15) is 6.10 Å². The van der Waals surface area contributed by atoms with Gasteiger partial charge in [0, 0.05) is 58.6 Å². The molecule has 158 valence electrons. The van der Waals surface area contributed by atoms with Crippen molar-refractivity contribution in [3.8, 4) is 28.1 Å². The summed E-state index contributed by atoms with van der Waals surface area (Å²) in [4.78, 5) is 5.65. The van der Waals surface area contributed by atoms with Crippen LogP contribution in [-0.4, -0.2) is 19.1 Å². The summed E-state index contributed by atoms with van der Waals surface area (Å²) < 4.78 is 13.0. The standard InChI is InChI=1S/C24H25N5OS/c1-5-19-22-15-9-20(24(25)26-11-15)30-14(3)18-8-13(2)6-7-17(18)23-16(12-29(4)27-23)10-21(22)31-28-19/h6-9,11-12,14H,5,10H2,1-4H3,(H2,25,26). The van der Waals surface area contributed by atoms with Crippen molar-refractivity contribution in [3.05, 3.63) is 63.9 Å². The van der Waals surface area contributed by atoms with Crippen LogP contribution in [0.3, 0.4) is 0 Å². The second-order valence-electron chi connectivity index (χ2n) is 8.09. The van der Waals surface area contributed by atoms with Gasteiger partial charge in [-0.3, -0.25) is 4.68 Å². The fourth-order valence-corrected chi connectivity index (χ4v) is 5.28. The number of rotatable bonds is 1. The highest BCUT2D eigenvalue weighted by molar-refractivity contribution is 7.06. The van der Waals surface area contributed by atoms with Crippen molar-refractivity contribution in [3.63, 3.8) is 0 Å². The monoisotopic (exact) mass is 431 g/mol. The lowest BCUT2D eigenvalue weighted by Gasteiger charge is -2.21. The zero-order valence-electron chi connectivity index (χ0n) is 18.1. The Balaban J connectivity index is 1.81. The van der Waals surface area contributed by atoms with Crippen molar-refractivity contribution < 1.29 is 4.74 Å². The SMILES string of the molecule is CCc1nsc2c1-c1cnc(N)c(c1)OC(C)c1cc(C)ccc1-c1nn(C)cc1C2. The smallest absolute Gasteiger partial charge is 0.166 e. The molecule has 0 radical (unpaired) electrons. The summed E-state index contributed by atoms with van der Waals surface area (Å²) in [5, 5.41) is 4.84. The molecule has 0 aliphatic carbocycles. The maximum absolute atomic E-state index is 6.39. The number of nitrogens with two attached hydrogens (primary N) is 1. The van der Waals surface area contributed by atoms with Gasteiger partial charge in [0.05, 0.1) is 11.4 Å². The van der Waals surface area contributed by atoms with Crippen molar-refractivity contribution in [2.24, 2.45) is 7.05 Å². The van der Waals surface area contributed by atoms with E-state index in [9.17, 15) is 0 Å². The second-order valence-corrected chi connectivity index (χ2v) is 8.95. The molecule has 7 heteroatoms. The van der Waals surface area contributed by atoms with E-state index in [0.29, 0.717) is 11.6 Å². The normalized spacial score (nSPS) is 15.2. The number of aromatic nitrogens is 4. The van der Waals surface area contributed by atoms with Crippen LogP contribution in [0.4, 0.5) is 5.82 Å². The van der Waals surface area contributed by atoms with Crippen LogP contribution in [0.2, 0.25) is 0 Å². The first-order valence-corrected chi connectivity index (χ1v) is 11.2. The van der Waals surface area contributed by atoms with E-state index < -0.39 is 0 Å². The van der Waals surface area contributed by atoms with Gasteiger partial charge in [-0.2, -0.15) is 9.47 Å². The van der Waals surface area contributed by atoms with Crippen LogP contribution < -0.4 is 10.5 Å². The van der Waals surface area contributed by atoms with Crippen LogP contribution in [0, 0.1) is 6.92 Å². The molecule has 3 aromatic heterocycles. The van der Waals surface area contributed by atoms with Crippen molar-refractivity contribution in [1.82, 2.24) is 19.1 Å². The lowest BCUT2D eigenvalue weighted by atomic mass is 9.94. The van der Waals surface area contributed by atoms with Crippen molar-refractivity contribution >= 4 is 17.4 Å². The van der Waals surface area contributed by atoms with Gasteiger partial charge in [-0.1, -0.05) is 30.7 Å². The average molecular weight is 432 g/mol. The number of aryl methyl sites for hydroxylation is 3. The molecule has 5 rings (SSSR count). The van der Waals surface area contributed by atoms with Crippen LogP contribution in [0.25, 0.3) is 22.4 Å². The summed E-state index contributed by atoms with van der Waals surface area (Å²) in [5.74, 6) is 0.988. The third-order valence-electron chi connectivity index (χ3n) is 5.80. The Bertz CT molecular complexity index is 1290. The minimum absolute atomic E-state index is 0.214. The summed E-state index contributed by atoms with van der Waals surface area (Å²) in [6.07, 6.45) is 5.34. The molecule has 4 aromatic rings. The minimum atomic E-state index is -0.214. The molecule has 2 N–H and O–H groups in total. The van der Waals surface area contributed by atoms with Gasteiger partial charge < -0.3 is 10.5 Å². The van der Waals surface area contributed by atoms with Crippen LogP contribution in [-0.2, 0) is 19.9 Å². The first kappa shape index (κ1) is 19.8. The van der Waals surface area contributed by atoms with Crippen molar-refractivity contribution in [2.45, 2.75) is 39.7 Å². The van der Waals surface area contributed by atoms with E-state index in [0.717, 1.165) is 46.5 Å². The molecule has 1 aromatic carbocycles. The largest absolute Gasteiger partial charge is 0.482 e. The maximum atomic E-state index is 6.39. The molecule has 0 amide bonds. The molecule has 1 aliphatic heterocycles. The zero-order valence-corrected chi connectivity index (χ0v) is 19.0. The van der Waals surface area contributed by atoms with E-state index in [1.165, 1.54) is 16.0 Å². The van der Waals surface area contributed by atoms with Gasteiger partial charge in [-0.25, -0.2) is 4.98 Å². The molecule has 4 heterocycles. The fourth-order valence-electron chi connectivity index (χ4n) is 4.29. The predicted octanol–water partition coefficient (Wildman–Crippen LogP) is 5.10. The molecule has 1 aliphatic rings. The van der Waals surface area contributed by atoms with E-state index in [1.807, 2.05) is 30.9 Å². The highest BCUT2D eigenvalue weighted by Crippen LogP contribution is 2.40. The Hall–Kier alpha value is -3.19. The number of ether oxygens (including phenoxy) is 1. The topological polar surface area (TPSA) is 78.8 Å². The van der Waals surface area contributed by atoms with Crippen LogP contribution in [0.5, 0.6) is 5.75 Å². The number of nitrogens with zero attached hydrogens (tertiary/aromatic N) is 4. The second kappa shape index (κ2) is 7.50. The van der Waals surface area contributed by atoms with E-state index in [2.05, 4.69) is 43.2 Å². The third-order valence-corrected chi connectivity index (χ3v) is 6.68. The summed E-state index contributed by atoms with van der Waals surface area (Å²) in [6, 6.07) is 8.45. The average Bonchev–Trinajstić information content (AvgIpc) is 3.32. The van der Waals surface area contributed by atoms with Gasteiger partial charge in [-0.15, -0.1) is 0 Å². The van der Waals surface area contributed by atoms with Crippen molar-refractivity contribution in [2.75, 3.05) is 5.73 Å². The number of fused-ring (bicyclic) bond motifs is 7. The van der Waals surface area contributed by atoms with Crippen LogP contribution in [0.15, 0.2) is 36.7 Å². The quantitative estimate of drug-likeness (QED) is 0.453. The Labute approximate surface area is 185 Å². The molecule has 1 atom stereocenters. The lowest BCUT2D eigenvalue weighted by molar-refractivity contribution is 0.228. The number of benzene rings is 1. The first-order valence-electron chi connectivity index (χ1n) is 10.5. The molecular weight excluding hydrogens is 406 g/mol. The number of pyridine rings is 1. The summed E-state index contributed by atoms with van der Waals surface area (Å²) >= 11 is 1.55. The lowest BCUT2D eigenvalue weighted by Crippen LogP contribution is -2.09. The molecule has 0 spiro atoms. The first-order chi connectivity index (χ1) is 14.9. The van der Waals surface area contributed by atoms with E-state index in [1.54, 1.807) is 11.5 Å². The minimum Gasteiger partial charge on any atom is -0.482 e. The van der Waals surface area contributed by atoms with Gasteiger partial charge in [0.2, 0.25) is 0 Å². The molecule has 0 fully saturated rings. The molecule has 31 heavy (non-hydrogen) atoms. The summed E-state index contributed by atoms with van der Waals surface area (Å²) in [6.45, 7) is 6.27. The Morgan fingerprint density at radius 3 is 2.94 bits per heavy atom. The van der Waals surface area contributed by atoms with Crippen LogP contribution >= 0.6 is 11.5 Å². The van der Waals surface area contributed by atoms with Gasteiger partial charge in [-0.05, 0) is 37.9 Å². The van der Waals surface area contributed by atoms with Gasteiger partial charge >= 0.3 is 0 Å². The molecule has 6 nitrogen and oxygen atoms in total. The Morgan fingerprint density at radius 1 is 1.29 bits per heavy atom. The van der Waals surface area contributed by atoms with E-state index in [4.69, 9.17) is 19.9 Å². The summed E-state index contributed by atoms with van der Waals surface area (Å²) in [7, 11) is 1.97. The third kappa shape index (κ3) is 3.39. The molecule has 2 bridgehead atoms. The Morgan fingerprint density at radius 2 is 2.13 bits per heavy atom. The fraction of sp³-hybridized carbons (Fsp3) is 0.292. The number of nitrogen functional groups attached to an aromatic ring is 1. The highest BCUT2D eigenvalue weighted by Gasteiger charge is 2.24. The highest BCUT2D eigenvalue weighted by atomic mass is 32.1. The molecule has 0 saturated heterocycles. The summed E-state index contributed by atoms with van der Waals surface area (Å²) in [5.41, 5.74) is 14.9. The molecule has 1 unspecified atom stereocenters. The number of anilines is 1.